The molecule has 0 unspecified atom stereocenters. The zero-order valence-corrected chi connectivity index (χ0v) is 21.1. The van der Waals surface area contributed by atoms with Crippen LogP contribution < -0.4 is 0 Å². The van der Waals surface area contributed by atoms with Crippen LogP contribution in [-0.2, 0) is 0 Å². The fourth-order valence-corrected chi connectivity index (χ4v) is 6.43. The summed E-state index contributed by atoms with van der Waals surface area (Å²) in [7, 11) is 0. The van der Waals surface area contributed by atoms with Crippen molar-refractivity contribution < 1.29 is 0 Å². The zero-order valence-electron chi connectivity index (χ0n) is 20.2. The second-order valence-corrected chi connectivity index (χ2v) is 10.3. The lowest BCUT2D eigenvalue weighted by molar-refractivity contribution is 1.19. The molecule has 8 aromatic rings. The van der Waals surface area contributed by atoms with Crippen LogP contribution >= 0.6 is 11.3 Å². The average Bonchev–Trinajstić information content (AvgIpc) is 3.54. The SMILES string of the molecule is c1ccc(-c2cc(-c3ccccc3)nc(-c3cc4c(sc5nc6ccccc6n54)c4ccccc34)n2)cc1. The number of rotatable bonds is 3. The first-order valence-corrected chi connectivity index (χ1v) is 13.4. The summed E-state index contributed by atoms with van der Waals surface area (Å²) in [5.74, 6) is 0.715. The van der Waals surface area contributed by atoms with Crippen molar-refractivity contribution in [2.24, 2.45) is 0 Å². The third kappa shape index (κ3) is 3.26. The summed E-state index contributed by atoms with van der Waals surface area (Å²) in [4.78, 5) is 16.2. The van der Waals surface area contributed by atoms with Gasteiger partial charge in [0.25, 0.3) is 0 Å². The molecule has 8 rings (SSSR count). The summed E-state index contributed by atoms with van der Waals surface area (Å²) < 4.78 is 3.49. The molecule has 0 bridgehead atoms. The predicted octanol–water partition coefficient (Wildman–Crippen LogP) is 8.65. The summed E-state index contributed by atoms with van der Waals surface area (Å²) in [5.41, 5.74) is 8.20. The quantitative estimate of drug-likeness (QED) is 0.242. The predicted molar refractivity (Wildman–Crippen MR) is 157 cm³/mol. The first-order chi connectivity index (χ1) is 18.8. The Balaban J connectivity index is 1.48. The Morgan fingerprint density at radius 3 is 1.84 bits per heavy atom. The average molecular weight is 505 g/mol. The summed E-state index contributed by atoms with van der Waals surface area (Å²) >= 11 is 1.73. The minimum absolute atomic E-state index is 0.715. The fourth-order valence-electron chi connectivity index (χ4n) is 5.27. The number of hydrogen-bond donors (Lipinski definition) is 0. The fraction of sp³-hybridized carbons (Fsp3) is 0. The number of fused-ring (bicyclic) bond motifs is 7. The molecule has 0 saturated carbocycles. The smallest absolute Gasteiger partial charge is 0.195 e. The van der Waals surface area contributed by atoms with E-state index in [0.29, 0.717) is 5.82 Å². The molecule has 4 nitrogen and oxygen atoms in total. The van der Waals surface area contributed by atoms with Crippen molar-refractivity contribution in [3.05, 3.63) is 121 Å². The molecule has 3 heterocycles. The lowest BCUT2D eigenvalue weighted by atomic mass is 10.0. The van der Waals surface area contributed by atoms with E-state index in [4.69, 9.17) is 15.0 Å². The molecule has 0 atom stereocenters. The van der Waals surface area contributed by atoms with E-state index in [1.807, 2.05) is 42.5 Å². The molecule has 178 valence electrons. The Kier molecular flexibility index (Phi) is 4.66. The van der Waals surface area contributed by atoms with Gasteiger partial charge in [-0.1, -0.05) is 108 Å². The molecule has 0 aliphatic heterocycles. The number of nitrogens with zero attached hydrogens (tertiary/aromatic N) is 4. The molecule has 5 heteroatoms. The summed E-state index contributed by atoms with van der Waals surface area (Å²) in [5, 5.41) is 2.33. The van der Waals surface area contributed by atoms with Crippen LogP contribution in [0.15, 0.2) is 121 Å². The Bertz CT molecular complexity index is 2070. The van der Waals surface area contributed by atoms with Gasteiger partial charge in [-0.05, 0) is 29.7 Å². The molecule has 0 aliphatic carbocycles. The van der Waals surface area contributed by atoms with E-state index in [0.717, 1.165) is 55.0 Å². The highest BCUT2D eigenvalue weighted by atomic mass is 32.1. The van der Waals surface area contributed by atoms with Gasteiger partial charge in [-0.2, -0.15) is 0 Å². The van der Waals surface area contributed by atoms with Gasteiger partial charge in [-0.15, -0.1) is 0 Å². The van der Waals surface area contributed by atoms with Crippen LogP contribution in [0.5, 0.6) is 0 Å². The monoisotopic (exact) mass is 504 g/mol. The zero-order chi connectivity index (χ0) is 25.1. The van der Waals surface area contributed by atoms with E-state index >= 15 is 0 Å². The lowest BCUT2D eigenvalue weighted by Crippen LogP contribution is -1.97. The highest BCUT2D eigenvalue weighted by molar-refractivity contribution is 7.24. The second-order valence-electron chi connectivity index (χ2n) is 9.33. The first kappa shape index (κ1) is 21.2. The Morgan fingerprint density at radius 2 is 1.13 bits per heavy atom. The van der Waals surface area contributed by atoms with Crippen LogP contribution in [-0.4, -0.2) is 19.4 Å². The van der Waals surface area contributed by atoms with Crippen LogP contribution in [0, 0.1) is 0 Å². The van der Waals surface area contributed by atoms with Gasteiger partial charge in [0.15, 0.2) is 10.8 Å². The van der Waals surface area contributed by atoms with Gasteiger partial charge in [-0.25, -0.2) is 15.0 Å². The third-order valence-electron chi connectivity index (χ3n) is 7.05. The van der Waals surface area contributed by atoms with Crippen molar-refractivity contribution in [3.63, 3.8) is 0 Å². The summed E-state index contributed by atoms with van der Waals surface area (Å²) in [6, 6.07) is 41.8. The topological polar surface area (TPSA) is 43.1 Å². The molecule has 38 heavy (non-hydrogen) atoms. The van der Waals surface area contributed by atoms with E-state index in [-0.39, 0.29) is 0 Å². The molecule has 0 aliphatic rings. The standard InChI is InChI=1S/C33H20N4S/c1-3-11-21(12-4-1)27-20-28(22-13-5-2-6-14-22)35-32(34-27)25-19-30-31(24-16-8-7-15-23(24)25)38-33-36-26-17-9-10-18-29(26)37(30)33/h1-20H. The minimum atomic E-state index is 0.715. The highest BCUT2D eigenvalue weighted by Crippen LogP contribution is 2.40. The number of hydrogen-bond acceptors (Lipinski definition) is 4. The summed E-state index contributed by atoms with van der Waals surface area (Å²) in [6.07, 6.45) is 0. The molecule has 0 amide bonds. The maximum Gasteiger partial charge on any atom is 0.195 e. The number of imidazole rings is 1. The van der Waals surface area contributed by atoms with Crippen molar-refractivity contribution >= 4 is 48.3 Å². The highest BCUT2D eigenvalue weighted by Gasteiger charge is 2.19. The van der Waals surface area contributed by atoms with Crippen molar-refractivity contribution in [2.75, 3.05) is 0 Å². The third-order valence-corrected chi connectivity index (χ3v) is 8.14. The van der Waals surface area contributed by atoms with E-state index in [2.05, 4.69) is 83.3 Å². The van der Waals surface area contributed by atoms with Gasteiger partial charge >= 0.3 is 0 Å². The molecule has 0 fully saturated rings. The van der Waals surface area contributed by atoms with Gasteiger partial charge in [0.2, 0.25) is 0 Å². The molecule has 0 N–H and O–H groups in total. The van der Waals surface area contributed by atoms with Crippen molar-refractivity contribution in [2.45, 2.75) is 0 Å². The Labute approximate surface area is 222 Å². The molecule has 0 radical (unpaired) electrons. The van der Waals surface area contributed by atoms with Crippen molar-refractivity contribution in [1.82, 2.24) is 19.4 Å². The van der Waals surface area contributed by atoms with Crippen LogP contribution in [0.2, 0.25) is 0 Å². The van der Waals surface area contributed by atoms with Crippen LogP contribution in [0.25, 0.3) is 70.9 Å². The van der Waals surface area contributed by atoms with Gasteiger partial charge in [0.05, 0.1) is 32.6 Å². The van der Waals surface area contributed by atoms with Gasteiger partial charge in [0.1, 0.15) is 0 Å². The van der Waals surface area contributed by atoms with Crippen LogP contribution in [0.3, 0.4) is 0 Å². The molecule has 5 aromatic carbocycles. The maximum atomic E-state index is 5.14. The van der Waals surface area contributed by atoms with E-state index < -0.39 is 0 Å². The van der Waals surface area contributed by atoms with Gasteiger partial charge in [0, 0.05) is 22.1 Å². The summed E-state index contributed by atoms with van der Waals surface area (Å²) in [6.45, 7) is 0. The molecular weight excluding hydrogens is 484 g/mol. The van der Waals surface area contributed by atoms with E-state index in [9.17, 15) is 0 Å². The number of aromatic nitrogens is 4. The van der Waals surface area contributed by atoms with Crippen molar-refractivity contribution in [1.29, 1.82) is 0 Å². The first-order valence-electron chi connectivity index (χ1n) is 12.6. The largest absolute Gasteiger partial charge is 0.283 e. The number of para-hydroxylation sites is 2. The normalized spacial score (nSPS) is 11.7. The molecule has 0 spiro atoms. The Morgan fingerprint density at radius 1 is 0.526 bits per heavy atom. The lowest BCUT2D eigenvalue weighted by Gasteiger charge is -2.12. The minimum Gasteiger partial charge on any atom is -0.283 e. The van der Waals surface area contributed by atoms with Gasteiger partial charge in [-0.3, -0.25) is 4.40 Å². The van der Waals surface area contributed by atoms with E-state index in [1.165, 1.54) is 10.1 Å². The molecule has 0 saturated heterocycles. The van der Waals surface area contributed by atoms with Crippen LogP contribution in [0.4, 0.5) is 0 Å². The van der Waals surface area contributed by atoms with Crippen molar-refractivity contribution in [3.8, 4) is 33.9 Å². The molecule has 3 aromatic heterocycles. The maximum absolute atomic E-state index is 5.14. The second kappa shape index (κ2) is 8.33. The molecular formula is C33H20N4S. The number of thiazole rings is 1. The van der Waals surface area contributed by atoms with Gasteiger partial charge < -0.3 is 0 Å². The number of benzene rings is 5. The van der Waals surface area contributed by atoms with Crippen LogP contribution in [0.1, 0.15) is 0 Å². The van der Waals surface area contributed by atoms with E-state index in [1.54, 1.807) is 11.3 Å². The Hall–Kier alpha value is -4.87.